The molecule has 0 bridgehead atoms. The number of benzene rings is 8. The Balaban J connectivity index is 0.000000178. The molecule has 5 aromatic heterocycles. The molecule has 2 unspecified atom stereocenters. The molecule has 0 aliphatic rings. The van der Waals surface area contributed by atoms with Gasteiger partial charge in [-0.15, -0.1) is 11.3 Å². The largest absolute Gasteiger partial charge is 0.351 e. The summed E-state index contributed by atoms with van der Waals surface area (Å²) >= 11 is 1.47. The van der Waals surface area contributed by atoms with Gasteiger partial charge in [-0.25, -0.2) is 27.4 Å². The van der Waals surface area contributed by atoms with E-state index in [-0.39, 0.29) is 88.8 Å². The quantitative estimate of drug-likeness (QED) is 0.0197. The Morgan fingerprint density at radius 3 is 1.08 bits per heavy atom. The molecular weight excluding hydrogens is 1620 g/mol. The molecular formula is C95H107N15O15S. The average molecular weight is 1730 g/mol. The normalized spacial score (nSPS) is 12.2. The molecule has 17 N–H and O–H groups in total. The number of carbonyl (C=O) groups is 10. The Kier molecular flexibility index (Phi) is 33.6. The van der Waals surface area contributed by atoms with Crippen molar-refractivity contribution in [3.05, 3.63) is 326 Å². The number of carbonyl (C=O) groups excluding carboxylic acids is 10. The van der Waals surface area contributed by atoms with Gasteiger partial charge in [-0.05, 0) is 191 Å². The lowest BCUT2D eigenvalue weighted by Crippen LogP contribution is -2.37. The molecule has 0 saturated heterocycles. The molecule has 31 heteroatoms. The number of para-hydroxylation sites is 1. The van der Waals surface area contributed by atoms with Gasteiger partial charge in [0.25, 0.3) is 59.1 Å². The van der Waals surface area contributed by atoms with E-state index in [2.05, 4.69) is 41.7 Å². The SMILES string of the molecule is CC(C)[C@@H](NC(=O)c1cc2ccccc2[nH]1)c1ccc(C(=O)NO)cc1.CC(C)[C@@H](NC(=O)c1cccn1C)c1ccc(C(=O)NO)cc1.CC(C)[C@H](NC(=O)c1cc2ccccc2s1)c1ccc(C(=O)NO)cc1.Cc1ccc2[nH]c(C(=O)NC(c3ccc(C(=O)NO)cc3)C(C)C)cc2c1.Cn1ccc(C(=O)NC(c2ccc(C(=O)NO)cc2)C(C)(C)C)n1. The van der Waals surface area contributed by atoms with Crippen LogP contribution in [0.3, 0.4) is 0 Å². The minimum atomic E-state index is -0.577. The van der Waals surface area contributed by atoms with E-state index in [1.165, 1.54) is 11.3 Å². The van der Waals surface area contributed by atoms with E-state index in [1.807, 2.05) is 187 Å². The molecule has 13 aromatic rings. The fourth-order valence-corrected chi connectivity index (χ4v) is 14.8. The number of aromatic nitrogens is 5. The van der Waals surface area contributed by atoms with E-state index in [4.69, 9.17) is 26.0 Å². The number of hydrogen-bond donors (Lipinski definition) is 17. The molecule has 0 aliphatic carbocycles. The lowest BCUT2D eigenvalue weighted by Gasteiger charge is -2.31. The molecule has 126 heavy (non-hydrogen) atoms. The standard InChI is InChI=1S/C21H23N3O3.C20H21N3O3.C20H20N2O3S.C17H22N4O3.C17H21N3O3/c1-12(2)19(14-5-7-15(8-6-14)20(25)24-27)23-21(26)18-11-16-10-13(3)4-9-17(16)22-18;1-12(2)18(13-7-9-14(10-8-13)19(24)23-26)22-20(25)17-11-15-5-3-4-6-16(15)21-17;1-12(2)18(13-7-9-14(10-8-13)19(23)22-25)21-20(24)17-11-15-5-3-4-6-16(15)26-17;1-17(2,3)14(18-16(23)13-9-10-21(4)19-13)11-5-7-12(8-6-11)15(22)20-24;1-11(2)15(18-17(22)14-5-4-10-20(14)3)12-6-8-13(9-7-12)16(21)19-23/h4-12,19,22,27H,1-3H3,(H,23,26)(H,24,25);3-12,18,21,26H,1-2H3,(H,22,25)(H,23,24);3-12,18,25H,1-2H3,(H,21,24)(H,22,23);5-10,14,24H,1-4H3,(H,18,23)(H,20,22);4-11,15,23H,1-3H3,(H,18,22)(H,19,21)/t;2*18-;;15-/m.10.1/s1. The number of hydroxylamine groups is 5. The molecule has 5 heterocycles. The molecule has 13 rings (SSSR count). The van der Waals surface area contributed by atoms with Crippen LogP contribution in [0, 0.1) is 36.0 Å². The second-order valence-corrected chi connectivity index (χ2v) is 33.5. The summed E-state index contributed by atoms with van der Waals surface area (Å²) in [5.41, 5.74) is 18.9. The third-order valence-electron chi connectivity index (χ3n) is 20.7. The van der Waals surface area contributed by atoms with Crippen molar-refractivity contribution in [3.63, 3.8) is 0 Å². The summed E-state index contributed by atoms with van der Waals surface area (Å²) in [4.78, 5) is 127. The zero-order valence-electron chi connectivity index (χ0n) is 72.3. The Morgan fingerprint density at radius 2 is 0.722 bits per heavy atom. The number of thiophene rings is 1. The van der Waals surface area contributed by atoms with Crippen molar-refractivity contribution < 1.29 is 74.0 Å². The summed E-state index contributed by atoms with van der Waals surface area (Å²) in [5, 5.41) is 65.8. The van der Waals surface area contributed by atoms with Gasteiger partial charge in [0.05, 0.1) is 35.1 Å². The maximum absolute atomic E-state index is 12.8. The zero-order chi connectivity index (χ0) is 91.8. The van der Waals surface area contributed by atoms with E-state index < -0.39 is 29.5 Å². The van der Waals surface area contributed by atoms with Gasteiger partial charge < -0.3 is 41.1 Å². The number of H-pyrrole nitrogens is 2. The van der Waals surface area contributed by atoms with E-state index in [0.29, 0.717) is 55.5 Å². The van der Waals surface area contributed by atoms with Gasteiger partial charge in [0.15, 0.2) is 0 Å². The predicted octanol–water partition coefficient (Wildman–Crippen LogP) is 15.6. The van der Waals surface area contributed by atoms with Gasteiger partial charge in [-0.2, -0.15) is 5.10 Å². The molecule has 0 aliphatic heterocycles. The van der Waals surface area contributed by atoms with Gasteiger partial charge in [-0.3, -0.25) is 78.7 Å². The van der Waals surface area contributed by atoms with Crippen LogP contribution in [0.2, 0.25) is 0 Å². The van der Waals surface area contributed by atoms with Crippen LogP contribution in [0.15, 0.2) is 237 Å². The Bertz CT molecular complexity index is 5700. The summed E-state index contributed by atoms with van der Waals surface area (Å²) in [5.74, 6) is -3.06. The molecule has 658 valence electrons. The smallest absolute Gasteiger partial charge is 0.274 e. The molecule has 10 amide bonds. The Hall–Kier alpha value is -14.2. The van der Waals surface area contributed by atoms with Crippen LogP contribution in [0.1, 0.15) is 243 Å². The van der Waals surface area contributed by atoms with E-state index in [9.17, 15) is 47.9 Å². The molecule has 5 atom stereocenters. The fourth-order valence-electron chi connectivity index (χ4n) is 13.8. The summed E-state index contributed by atoms with van der Waals surface area (Å²) in [7, 11) is 3.57. The monoisotopic (exact) mass is 1730 g/mol. The van der Waals surface area contributed by atoms with Crippen molar-refractivity contribution in [1.82, 2.24) is 78.3 Å². The van der Waals surface area contributed by atoms with Crippen LogP contribution >= 0.6 is 11.3 Å². The fraction of sp³-hybridized carbons (Fsp3) is 0.253. The third kappa shape index (κ3) is 25.5. The molecule has 0 saturated carbocycles. The number of hydrogen-bond acceptors (Lipinski definition) is 17. The number of nitrogens with one attached hydrogen (secondary N) is 12. The zero-order valence-corrected chi connectivity index (χ0v) is 73.1. The number of amides is 10. The van der Waals surface area contributed by atoms with Crippen molar-refractivity contribution in [2.45, 2.75) is 113 Å². The van der Waals surface area contributed by atoms with Gasteiger partial charge in [-0.1, -0.05) is 185 Å². The molecule has 30 nitrogen and oxygen atoms in total. The molecule has 0 radical (unpaired) electrons. The second kappa shape index (κ2) is 44.2. The Morgan fingerprint density at radius 1 is 0.357 bits per heavy atom. The maximum atomic E-state index is 12.8. The van der Waals surface area contributed by atoms with Gasteiger partial charge >= 0.3 is 0 Å². The predicted molar refractivity (Wildman–Crippen MR) is 480 cm³/mol. The van der Waals surface area contributed by atoms with Crippen LogP contribution in [0.4, 0.5) is 0 Å². The first kappa shape index (κ1) is 95.6. The number of rotatable bonds is 24. The van der Waals surface area contributed by atoms with Gasteiger partial charge in [0.1, 0.15) is 22.8 Å². The van der Waals surface area contributed by atoms with Crippen molar-refractivity contribution in [1.29, 1.82) is 0 Å². The minimum absolute atomic E-state index is 0.109. The van der Waals surface area contributed by atoms with E-state index in [0.717, 1.165) is 65.3 Å². The van der Waals surface area contributed by atoms with Crippen molar-refractivity contribution in [2.75, 3.05) is 0 Å². The average Bonchev–Trinajstić information content (AvgIpc) is 1.69. The number of fused-ring (bicyclic) bond motifs is 3. The number of aromatic amines is 2. The van der Waals surface area contributed by atoms with Crippen molar-refractivity contribution in [2.24, 2.45) is 43.2 Å². The van der Waals surface area contributed by atoms with Crippen molar-refractivity contribution >= 4 is 102 Å². The Labute approximate surface area is 732 Å². The van der Waals surface area contributed by atoms with Crippen LogP contribution in [0.25, 0.3) is 31.9 Å². The first-order valence-corrected chi connectivity index (χ1v) is 41.4. The lowest BCUT2D eigenvalue weighted by atomic mass is 9.82. The highest BCUT2D eigenvalue weighted by Gasteiger charge is 2.31. The van der Waals surface area contributed by atoms with E-state index >= 15 is 0 Å². The van der Waals surface area contributed by atoms with E-state index in [1.54, 1.807) is 183 Å². The van der Waals surface area contributed by atoms with Crippen LogP contribution in [-0.4, -0.2) is 109 Å². The number of aryl methyl sites for hydroxylation is 3. The van der Waals surface area contributed by atoms with Crippen LogP contribution < -0.4 is 54.0 Å². The first-order valence-electron chi connectivity index (χ1n) is 40.6. The molecule has 8 aromatic carbocycles. The van der Waals surface area contributed by atoms with Crippen molar-refractivity contribution in [3.8, 4) is 0 Å². The maximum Gasteiger partial charge on any atom is 0.274 e. The third-order valence-corrected chi connectivity index (χ3v) is 21.8. The van der Waals surface area contributed by atoms with Gasteiger partial charge in [0, 0.05) is 80.8 Å². The summed E-state index contributed by atoms with van der Waals surface area (Å²) in [6.45, 7) is 24.3. The topological polar surface area (TPSA) is 446 Å². The highest BCUT2D eigenvalue weighted by Crippen LogP contribution is 2.35. The van der Waals surface area contributed by atoms with Gasteiger partial charge in [0.2, 0.25) is 0 Å². The minimum Gasteiger partial charge on any atom is -0.351 e. The summed E-state index contributed by atoms with van der Waals surface area (Å²) in [6.07, 6.45) is 3.53. The lowest BCUT2D eigenvalue weighted by molar-refractivity contribution is 0.0702. The van der Waals surface area contributed by atoms with Crippen LogP contribution in [0.5, 0.6) is 0 Å². The highest BCUT2D eigenvalue weighted by molar-refractivity contribution is 7.20. The number of nitrogens with zero attached hydrogens (tertiary/aromatic N) is 3. The highest BCUT2D eigenvalue weighted by atomic mass is 32.1. The summed E-state index contributed by atoms with van der Waals surface area (Å²) in [6, 6.07) is 65.4. The first-order chi connectivity index (χ1) is 60.0. The van der Waals surface area contributed by atoms with Crippen LogP contribution in [-0.2, 0) is 14.1 Å². The summed E-state index contributed by atoms with van der Waals surface area (Å²) < 4.78 is 4.42. The molecule has 0 fully saturated rings. The second-order valence-electron chi connectivity index (χ2n) is 32.4. The molecule has 0 spiro atoms.